The van der Waals surface area contributed by atoms with Gasteiger partial charge in [0, 0.05) is 5.02 Å². The number of rotatable bonds is 2. The van der Waals surface area contributed by atoms with Gasteiger partial charge in [-0.25, -0.2) is 0 Å². The molecule has 2 aliphatic carbocycles. The Morgan fingerprint density at radius 1 is 0.413 bits per heavy atom. The van der Waals surface area contributed by atoms with E-state index < -0.39 is 5.41 Å². The average Bonchev–Trinajstić information content (AvgIpc) is 3.51. The summed E-state index contributed by atoms with van der Waals surface area (Å²) in [6.45, 7) is 13.9. The zero-order valence-corrected chi connectivity index (χ0v) is 28.3. The molecule has 1 heteroatoms. The number of fused-ring (bicyclic) bond motifs is 10. The van der Waals surface area contributed by atoms with Crippen LogP contribution in [0.3, 0.4) is 0 Å². The van der Waals surface area contributed by atoms with E-state index in [-0.39, 0.29) is 10.8 Å². The van der Waals surface area contributed by atoms with Crippen molar-refractivity contribution in [3.63, 3.8) is 0 Å². The summed E-state index contributed by atoms with van der Waals surface area (Å²) in [6, 6.07) is 47.8. The van der Waals surface area contributed by atoms with Gasteiger partial charge in [0.2, 0.25) is 0 Å². The maximum absolute atomic E-state index is 6.20. The lowest BCUT2D eigenvalue weighted by Crippen LogP contribution is -2.28. The predicted molar refractivity (Wildman–Crippen MR) is 196 cm³/mol. The van der Waals surface area contributed by atoms with Crippen LogP contribution in [0.15, 0.2) is 127 Å². The van der Waals surface area contributed by atoms with Crippen LogP contribution in [0.25, 0.3) is 44.5 Å². The smallest absolute Gasteiger partial charge is 0.0731 e. The summed E-state index contributed by atoms with van der Waals surface area (Å²) in [5.74, 6) is 0. The minimum Gasteiger partial charge on any atom is -0.0843 e. The normalized spacial score (nSPS) is 14.2. The predicted octanol–water partition coefficient (Wildman–Crippen LogP) is 12.6. The van der Waals surface area contributed by atoms with Crippen LogP contribution >= 0.6 is 11.6 Å². The van der Waals surface area contributed by atoms with Crippen LogP contribution in [0.1, 0.15) is 74.9 Å². The molecule has 226 valence electrons. The summed E-state index contributed by atoms with van der Waals surface area (Å²) >= 11 is 6.20. The van der Waals surface area contributed by atoms with E-state index in [9.17, 15) is 0 Å². The molecule has 0 radical (unpaired) electrons. The van der Waals surface area contributed by atoms with Crippen LogP contribution < -0.4 is 0 Å². The molecule has 2 aliphatic rings. The van der Waals surface area contributed by atoms with Gasteiger partial charge in [-0.05, 0) is 101 Å². The van der Waals surface area contributed by atoms with Gasteiger partial charge in [0.05, 0.1) is 5.41 Å². The van der Waals surface area contributed by atoms with Crippen molar-refractivity contribution in [2.24, 2.45) is 0 Å². The second-order valence-electron chi connectivity index (χ2n) is 15.1. The van der Waals surface area contributed by atoms with Crippen molar-refractivity contribution in [3.05, 3.63) is 166 Å². The summed E-state index contributed by atoms with van der Waals surface area (Å²) in [5.41, 5.74) is 18.2. The molecule has 46 heavy (non-hydrogen) atoms. The number of hydrogen-bond donors (Lipinski definition) is 0. The van der Waals surface area contributed by atoms with E-state index in [1.54, 1.807) is 0 Å². The molecule has 8 rings (SSSR count). The highest BCUT2D eigenvalue weighted by Crippen LogP contribution is 2.65. The van der Waals surface area contributed by atoms with Gasteiger partial charge >= 0.3 is 0 Å². The summed E-state index contributed by atoms with van der Waals surface area (Å²) in [6.07, 6.45) is 0. The second-order valence-corrected chi connectivity index (χ2v) is 15.6. The summed E-state index contributed by atoms with van der Waals surface area (Å²) in [7, 11) is 0. The highest BCUT2D eigenvalue weighted by molar-refractivity contribution is 6.30. The largest absolute Gasteiger partial charge is 0.0843 e. The topological polar surface area (TPSA) is 0 Å². The monoisotopic (exact) mass is 614 g/mol. The second kappa shape index (κ2) is 10.1. The van der Waals surface area contributed by atoms with Crippen LogP contribution in [0, 0.1) is 0 Å². The molecule has 0 heterocycles. The fourth-order valence-corrected chi connectivity index (χ4v) is 8.03. The zero-order chi connectivity index (χ0) is 32.0. The Morgan fingerprint density at radius 2 is 0.870 bits per heavy atom. The van der Waals surface area contributed by atoms with E-state index in [0.717, 1.165) is 5.02 Å². The first-order valence-corrected chi connectivity index (χ1v) is 16.8. The zero-order valence-electron chi connectivity index (χ0n) is 27.5. The Labute approximate surface area is 278 Å². The van der Waals surface area contributed by atoms with Crippen LogP contribution in [0.5, 0.6) is 0 Å². The fourth-order valence-electron chi connectivity index (χ4n) is 7.90. The van der Waals surface area contributed by atoms with Gasteiger partial charge in [0.25, 0.3) is 0 Å². The summed E-state index contributed by atoms with van der Waals surface area (Å²) in [5, 5.41) is 0.756. The third-order valence-electron chi connectivity index (χ3n) is 10.3. The number of hydrogen-bond acceptors (Lipinski definition) is 0. The van der Waals surface area contributed by atoms with Gasteiger partial charge < -0.3 is 0 Å². The first kappa shape index (κ1) is 29.0. The van der Waals surface area contributed by atoms with Crippen molar-refractivity contribution in [3.8, 4) is 44.5 Å². The van der Waals surface area contributed by atoms with Crippen LogP contribution in [-0.2, 0) is 16.2 Å². The standard InChI is InChI=1S/C45H39Cl/c1-43(2,3)31-20-24-36-37-25-21-32(44(4,5)6)27-41(37)45(40(36)26-31)39-13-8-7-10-35(39)38-12-9-11-34(42(38)45)30-16-14-28(15-17-30)29-18-22-33(46)23-19-29/h7-27H,1-6H3. The highest BCUT2D eigenvalue weighted by atomic mass is 35.5. The molecule has 0 unspecified atom stereocenters. The molecule has 6 aromatic carbocycles. The average molecular weight is 615 g/mol. The molecule has 1 spiro atoms. The molecular weight excluding hydrogens is 576 g/mol. The maximum atomic E-state index is 6.20. The first-order chi connectivity index (χ1) is 22.0. The van der Waals surface area contributed by atoms with Gasteiger partial charge in [-0.3, -0.25) is 0 Å². The number of benzene rings is 6. The molecule has 0 nitrogen and oxygen atoms in total. The summed E-state index contributed by atoms with van der Waals surface area (Å²) in [4.78, 5) is 0. The van der Waals surface area contributed by atoms with E-state index in [1.165, 1.54) is 77.9 Å². The van der Waals surface area contributed by atoms with Crippen molar-refractivity contribution in [2.75, 3.05) is 0 Å². The van der Waals surface area contributed by atoms with Crippen molar-refractivity contribution < 1.29 is 0 Å². The quantitative estimate of drug-likeness (QED) is 0.182. The van der Waals surface area contributed by atoms with Crippen molar-refractivity contribution >= 4 is 11.6 Å². The van der Waals surface area contributed by atoms with Crippen LogP contribution in [0.2, 0.25) is 5.02 Å². The molecule has 0 fully saturated rings. The van der Waals surface area contributed by atoms with Crippen molar-refractivity contribution in [1.82, 2.24) is 0 Å². The highest BCUT2D eigenvalue weighted by Gasteiger charge is 2.53. The van der Waals surface area contributed by atoms with Crippen molar-refractivity contribution in [2.45, 2.75) is 57.8 Å². The SMILES string of the molecule is CC(C)(C)c1ccc2c(c1)C1(c3cc(C(C)(C)C)ccc3-2)c2ccccc2-c2cccc(-c3ccc(-c4ccc(Cl)cc4)cc3)c21. The van der Waals surface area contributed by atoms with E-state index >= 15 is 0 Å². The van der Waals surface area contributed by atoms with E-state index in [4.69, 9.17) is 11.6 Å². The molecule has 6 aromatic rings. The van der Waals surface area contributed by atoms with E-state index in [0.29, 0.717) is 0 Å². The third kappa shape index (κ3) is 4.20. The van der Waals surface area contributed by atoms with Gasteiger partial charge in [-0.2, -0.15) is 0 Å². The van der Waals surface area contributed by atoms with Gasteiger partial charge in [-0.1, -0.05) is 168 Å². The third-order valence-corrected chi connectivity index (χ3v) is 10.6. The molecule has 0 saturated heterocycles. The van der Waals surface area contributed by atoms with Crippen molar-refractivity contribution in [1.29, 1.82) is 0 Å². The Balaban J connectivity index is 1.46. The first-order valence-electron chi connectivity index (χ1n) is 16.4. The Morgan fingerprint density at radius 3 is 1.43 bits per heavy atom. The molecule has 0 amide bonds. The molecule has 0 atom stereocenters. The minimum absolute atomic E-state index is 0.0273. The molecule has 0 aromatic heterocycles. The molecule has 0 aliphatic heterocycles. The lowest BCUT2D eigenvalue weighted by atomic mass is 9.67. The lowest BCUT2D eigenvalue weighted by Gasteiger charge is -2.34. The molecule has 0 N–H and O–H groups in total. The van der Waals surface area contributed by atoms with E-state index in [1.807, 2.05) is 12.1 Å². The molecular formula is C45H39Cl. The number of halogens is 1. The minimum atomic E-state index is -0.426. The molecule has 0 saturated carbocycles. The van der Waals surface area contributed by atoms with E-state index in [2.05, 4.69) is 157 Å². The van der Waals surface area contributed by atoms with Gasteiger partial charge in [0.1, 0.15) is 0 Å². The van der Waals surface area contributed by atoms with Gasteiger partial charge in [0.15, 0.2) is 0 Å². The Kier molecular flexibility index (Phi) is 6.35. The van der Waals surface area contributed by atoms with Crippen LogP contribution in [-0.4, -0.2) is 0 Å². The van der Waals surface area contributed by atoms with Crippen LogP contribution in [0.4, 0.5) is 0 Å². The fraction of sp³-hybridized carbons (Fsp3) is 0.200. The van der Waals surface area contributed by atoms with Gasteiger partial charge in [-0.15, -0.1) is 0 Å². The summed E-state index contributed by atoms with van der Waals surface area (Å²) < 4.78 is 0. The Bertz CT molecular complexity index is 2090. The molecule has 0 bridgehead atoms. The Hall–Kier alpha value is -4.39. The lowest BCUT2D eigenvalue weighted by molar-refractivity contribution is 0.586. The maximum Gasteiger partial charge on any atom is 0.0731 e.